The van der Waals surface area contributed by atoms with E-state index in [1.54, 1.807) is 18.2 Å². The van der Waals surface area contributed by atoms with Crippen molar-refractivity contribution < 1.29 is 8.42 Å². The fourth-order valence-corrected chi connectivity index (χ4v) is 3.86. The van der Waals surface area contributed by atoms with E-state index in [0.717, 1.165) is 22.3 Å². The van der Waals surface area contributed by atoms with Crippen LogP contribution in [0.1, 0.15) is 27.8 Å². The third-order valence-corrected chi connectivity index (χ3v) is 4.84. The third kappa shape index (κ3) is 4.17. The second-order valence-corrected chi connectivity index (χ2v) is 7.34. The van der Waals surface area contributed by atoms with Crippen LogP contribution in [-0.4, -0.2) is 8.42 Å². The maximum Gasteiger partial charge on any atom is 0.158 e. The first-order valence-corrected chi connectivity index (χ1v) is 8.47. The molecule has 0 atom stereocenters. The quantitative estimate of drug-likeness (QED) is 0.870. The molecule has 0 radical (unpaired) electrons. The van der Waals surface area contributed by atoms with Crippen molar-refractivity contribution in [2.75, 3.05) is 0 Å². The number of sulfone groups is 1. The van der Waals surface area contributed by atoms with Crippen molar-refractivity contribution in [2.24, 2.45) is 0 Å². The van der Waals surface area contributed by atoms with Gasteiger partial charge in [0.15, 0.2) is 9.84 Å². The summed E-state index contributed by atoms with van der Waals surface area (Å²) in [6.45, 7) is 3.78. The molecular formula is C17H17NO2S. The summed E-state index contributed by atoms with van der Waals surface area (Å²) in [7, 11) is -3.23. The van der Waals surface area contributed by atoms with Gasteiger partial charge >= 0.3 is 0 Å². The summed E-state index contributed by atoms with van der Waals surface area (Å²) in [6, 6.07) is 14.7. The van der Waals surface area contributed by atoms with Gasteiger partial charge in [0, 0.05) is 0 Å². The van der Waals surface area contributed by atoms with Gasteiger partial charge in [-0.1, -0.05) is 35.9 Å². The molecule has 21 heavy (non-hydrogen) atoms. The Balaban J connectivity index is 2.20. The van der Waals surface area contributed by atoms with Gasteiger partial charge in [0.25, 0.3) is 0 Å². The molecule has 0 aromatic heterocycles. The van der Waals surface area contributed by atoms with E-state index in [1.165, 1.54) is 0 Å². The van der Waals surface area contributed by atoms with Gasteiger partial charge in [0.1, 0.15) is 0 Å². The fourth-order valence-electron chi connectivity index (χ4n) is 2.27. The lowest BCUT2D eigenvalue weighted by Gasteiger charge is -2.08. The molecule has 108 valence electrons. The monoisotopic (exact) mass is 299 g/mol. The van der Waals surface area contributed by atoms with Gasteiger partial charge in [0.05, 0.1) is 23.1 Å². The predicted molar refractivity (Wildman–Crippen MR) is 83.4 cm³/mol. The van der Waals surface area contributed by atoms with Crippen molar-refractivity contribution in [2.45, 2.75) is 25.4 Å². The summed E-state index contributed by atoms with van der Waals surface area (Å²) in [6.07, 6.45) is 0. The molecule has 0 spiro atoms. The van der Waals surface area contributed by atoms with Crippen LogP contribution in [-0.2, 0) is 21.3 Å². The molecule has 0 heterocycles. The van der Waals surface area contributed by atoms with Gasteiger partial charge < -0.3 is 0 Å². The summed E-state index contributed by atoms with van der Waals surface area (Å²) < 4.78 is 24.6. The Bertz CT molecular complexity index is 802. The maximum absolute atomic E-state index is 12.3. The van der Waals surface area contributed by atoms with E-state index in [4.69, 9.17) is 5.26 Å². The summed E-state index contributed by atoms with van der Waals surface area (Å²) in [5, 5.41) is 8.84. The number of rotatable bonds is 4. The predicted octanol–water partition coefficient (Wildman–Crippen LogP) is 3.29. The SMILES string of the molecule is Cc1cccc(CS(=O)(=O)Cc2ccc(C#N)cc2C)c1. The smallest absolute Gasteiger partial charge is 0.158 e. The van der Waals surface area contributed by atoms with Crippen molar-refractivity contribution >= 4 is 9.84 Å². The number of aryl methyl sites for hydroxylation is 2. The molecule has 0 amide bonds. The standard InChI is InChI=1S/C17H17NO2S/c1-13-4-3-5-16(8-13)11-21(19,20)12-17-7-6-15(10-18)9-14(17)2/h3-9H,11-12H2,1-2H3. The minimum Gasteiger partial charge on any atom is -0.228 e. The molecular weight excluding hydrogens is 282 g/mol. The Labute approximate surface area is 125 Å². The van der Waals surface area contributed by atoms with Gasteiger partial charge in [-0.2, -0.15) is 5.26 Å². The lowest BCUT2D eigenvalue weighted by atomic mass is 10.1. The molecule has 0 fully saturated rings. The van der Waals surface area contributed by atoms with Gasteiger partial charge in [-0.15, -0.1) is 0 Å². The van der Waals surface area contributed by atoms with E-state index < -0.39 is 9.84 Å². The molecule has 0 aliphatic heterocycles. The second kappa shape index (κ2) is 6.11. The van der Waals surface area contributed by atoms with E-state index in [0.29, 0.717) is 5.56 Å². The highest BCUT2D eigenvalue weighted by Crippen LogP contribution is 2.17. The van der Waals surface area contributed by atoms with Crippen molar-refractivity contribution in [3.8, 4) is 6.07 Å². The van der Waals surface area contributed by atoms with Crippen molar-refractivity contribution in [1.82, 2.24) is 0 Å². The van der Waals surface area contributed by atoms with E-state index in [-0.39, 0.29) is 11.5 Å². The van der Waals surface area contributed by atoms with Crippen LogP contribution < -0.4 is 0 Å². The van der Waals surface area contributed by atoms with E-state index in [2.05, 4.69) is 6.07 Å². The van der Waals surface area contributed by atoms with Gasteiger partial charge in [0.2, 0.25) is 0 Å². The summed E-state index contributed by atoms with van der Waals surface area (Å²) in [5.41, 5.74) is 3.99. The average molecular weight is 299 g/mol. The Morgan fingerprint density at radius 1 is 1.05 bits per heavy atom. The third-order valence-electron chi connectivity index (χ3n) is 3.32. The molecule has 2 aromatic carbocycles. The Morgan fingerprint density at radius 3 is 2.43 bits per heavy atom. The second-order valence-electron chi connectivity index (χ2n) is 5.27. The molecule has 0 saturated heterocycles. The minimum atomic E-state index is -3.23. The van der Waals surface area contributed by atoms with Crippen molar-refractivity contribution in [3.05, 3.63) is 70.3 Å². The topological polar surface area (TPSA) is 57.9 Å². The number of hydrogen-bond donors (Lipinski definition) is 0. The first-order valence-electron chi connectivity index (χ1n) is 6.65. The number of nitrogens with zero attached hydrogens (tertiary/aromatic N) is 1. The van der Waals surface area contributed by atoms with E-state index in [1.807, 2.05) is 38.1 Å². The Kier molecular flexibility index (Phi) is 4.44. The maximum atomic E-state index is 12.3. The molecule has 2 aromatic rings. The molecule has 0 saturated carbocycles. The van der Waals surface area contributed by atoms with Crippen LogP contribution >= 0.6 is 0 Å². The van der Waals surface area contributed by atoms with Gasteiger partial charge in [-0.05, 0) is 42.7 Å². The summed E-state index contributed by atoms with van der Waals surface area (Å²) >= 11 is 0. The zero-order valence-corrected chi connectivity index (χ0v) is 12.9. The lowest BCUT2D eigenvalue weighted by molar-refractivity contribution is 0.594. The normalized spacial score (nSPS) is 11.1. The van der Waals surface area contributed by atoms with Crippen LogP contribution in [0.15, 0.2) is 42.5 Å². The van der Waals surface area contributed by atoms with Crippen molar-refractivity contribution in [1.29, 1.82) is 5.26 Å². The van der Waals surface area contributed by atoms with Crippen LogP contribution in [0.3, 0.4) is 0 Å². The molecule has 3 nitrogen and oxygen atoms in total. The average Bonchev–Trinajstić information content (AvgIpc) is 2.40. The number of hydrogen-bond acceptors (Lipinski definition) is 3. The van der Waals surface area contributed by atoms with Crippen LogP contribution in [0, 0.1) is 25.2 Å². The van der Waals surface area contributed by atoms with E-state index in [9.17, 15) is 8.42 Å². The summed E-state index contributed by atoms with van der Waals surface area (Å²) in [5.74, 6) is 0.0343. The zero-order valence-electron chi connectivity index (χ0n) is 12.1. The first kappa shape index (κ1) is 15.3. The molecule has 2 rings (SSSR count). The Morgan fingerprint density at radius 2 is 1.81 bits per heavy atom. The number of nitriles is 1. The van der Waals surface area contributed by atoms with Crippen LogP contribution in [0.5, 0.6) is 0 Å². The van der Waals surface area contributed by atoms with Crippen LogP contribution in [0.2, 0.25) is 0 Å². The molecule has 0 aliphatic carbocycles. The fraction of sp³-hybridized carbons (Fsp3) is 0.235. The highest BCUT2D eigenvalue weighted by atomic mass is 32.2. The minimum absolute atomic E-state index is 0.00150. The largest absolute Gasteiger partial charge is 0.228 e. The van der Waals surface area contributed by atoms with Gasteiger partial charge in [-0.25, -0.2) is 8.42 Å². The zero-order chi connectivity index (χ0) is 15.5. The molecule has 0 unspecified atom stereocenters. The van der Waals surface area contributed by atoms with Crippen LogP contribution in [0.4, 0.5) is 0 Å². The molecule has 0 N–H and O–H groups in total. The van der Waals surface area contributed by atoms with Crippen molar-refractivity contribution in [3.63, 3.8) is 0 Å². The Hall–Kier alpha value is -2.12. The highest BCUT2D eigenvalue weighted by molar-refractivity contribution is 7.89. The summed E-state index contributed by atoms with van der Waals surface area (Å²) in [4.78, 5) is 0. The molecule has 0 aliphatic rings. The van der Waals surface area contributed by atoms with Crippen LogP contribution in [0.25, 0.3) is 0 Å². The lowest BCUT2D eigenvalue weighted by Crippen LogP contribution is -2.09. The molecule has 4 heteroatoms. The number of benzene rings is 2. The van der Waals surface area contributed by atoms with E-state index >= 15 is 0 Å². The van der Waals surface area contributed by atoms with Gasteiger partial charge in [-0.3, -0.25) is 0 Å². The molecule has 0 bridgehead atoms. The first-order chi connectivity index (χ1) is 9.89. The highest BCUT2D eigenvalue weighted by Gasteiger charge is 2.15.